The van der Waals surface area contributed by atoms with Crippen molar-refractivity contribution >= 4 is 56.5 Å². The van der Waals surface area contributed by atoms with E-state index in [1.807, 2.05) is 38.1 Å². The highest BCUT2D eigenvalue weighted by Crippen LogP contribution is 2.32. The fraction of sp³-hybridized carbons (Fsp3) is 0.222. The predicted molar refractivity (Wildman–Crippen MR) is 106 cm³/mol. The Morgan fingerprint density at radius 3 is 2.96 bits per heavy atom. The lowest BCUT2D eigenvalue weighted by Gasteiger charge is -2.08. The molecule has 130 valence electrons. The lowest BCUT2D eigenvalue weighted by atomic mass is 10.2. The molecule has 0 unspecified atom stereocenters. The zero-order chi connectivity index (χ0) is 17.8. The van der Waals surface area contributed by atoms with Crippen LogP contribution in [0.1, 0.15) is 12.5 Å². The van der Waals surface area contributed by atoms with E-state index in [9.17, 15) is 4.79 Å². The maximum absolute atomic E-state index is 12.2. The standard InChI is InChI=1S/C18H17ClN2O2S2/c1-3-23-13-6-7-14-16(9-13)25-18(21-14)24-10-17(22)20-15-8-12(19)5-4-11(15)2/h4-9H,3,10H2,1-2H3,(H,20,22). The molecule has 25 heavy (non-hydrogen) atoms. The van der Waals surface area contributed by atoms with Crippen molar-refractivity contribution in [2.45, 2.75) is 18.2 Å². The number of rotatable bonds is 6. The van der Waals surface area contributed by atoms with E-state index >= 15 is 0 Å². The van der Waals surface area contributed by atoms with E-state index in [4.69, 9.17) is 16.3 Å². The molecule has 1 heterocycles. The third kappa shape index (κ3) is 4.66. The first kappa shape index (κ1) is 18.0. The third-order valence-corrected chi connectivity index (χ3v) is 5.85. The number of benzene rings is 2. The van der Waals surface area contributed by atoms with Crippen molar-refractivity contribution in [2.75, 3.05) is 17.7 Å². The van der Waals surface area contributed by atoms with Crippen LogP contribution in [0.5, 0.6) is 5.75 Å². The number of thiazole rings is 1. The van der Waals surface area contributed by atoms with Gasteiger partial charge in [0.15, 0.2) is 4.34 Å². The van der Waals surface area contributed by atoms with Gasteiger partial charge in [0.1, 0.15) is 5.75 Å². The van der Waals surface area contributed by atoms with Crippen LogP contribution in [0, 0.1) is 6.92 Å². The van der Waals surface area contributed by atoms with Crippen molar-refractivity contribution in [2.24, 2.45) is 0 Å². The molecule has 0 fully saturated rings. The quantitative estimate of drug-likeness (QED) is 0.571. The summed E-state index contributed by atoms with van der Waals surface area (Å²) < 4.78 is 7.42. The summed E-state index contributed by atoms with van der Waals surface area (Å²) in [6.07, 6.45) is 0. The number of aryl methyl sites for hydroxylation is 1. The van der Waals surface area contributed by atoms with Crippen LogP contribution in [0.2, 0.25) is 5.02 Å². The van der Waals surface area contributed by atoms with E-state index in [0.717, 1.165) is 31.6 Å². The average Bonchev–Trinajstić information content (AvgIpc) is 2.99. The number of fused-ring (bicyclic) bond motifs is 1. The molecule has 3 aromatic rings. The number of hydrogen-bond acceptors (Lipinski definition) is 5. The van der Waals surface area contributed by atoms with Gasteiger partial charge in [-0.3, -0.25) is 4.79 Å². The molecule has 0 radical (unpaired) electrons. The second kappa shape index (κ2) is 8.08. The molecule has 0 aliphatic carbocycles. The molecule has 0 saturated carbocycles. The van der Waals surface area contributed by atoms with Crippen molar-refractivity contribution < 1.29 is 9.53 Å². The Morgan fingerprint density at radius 2 is 2.16 bits per heavy atom. The molecule has 2 aromatic carbocycles. The summed E-state index contributed by atoms with van der Waals surface area (Å²) in [5.74, 6) is 1.05. The molecule has 1 amide bonds. The van der Waals surface area contributed by atoms with Crippen molar-refractivity contribution in [1.29, 1.82) is 0 Å². The van der Waals surface area contributed by atoms with Crippen LogP contribution >= 0.6 is 34.7 Å². The van der Waals surface area contributed by atoms with Gasteiger partial charge in [0.2, 0.25) is 5.91 Å². The lowest BCUT2D eigenvalue weighted by Crippen LogP contribution is -2.14. The first-order valence-corrected chi connectivity index (χ1v) is 9.95. The van der Waals surface area contributed by atoms with Crippen molar-refractivity contribution in [3.05, 3.63) is 47.0 Å². The number of ether oxygens (including phenoxy) is 1. The molecule has 0 spiro atoms. The molecule has 3 rings (SSSR count). The summed E-state index contributed by atoms with van der Waals surface area (Å²) in [6, 6.07) is 11.3. The Hall–Kier alpha value is -1.76. The topological polar surface area (TPSA) is 51.2 Å². The van der Waals surface area contributed by atoms with E-state index < -0.39 is 0 Å². The van der Waals surface area contributed by atoms with Crippen LogP contribution in [0.3, 0.4) is 0 Å². The highest BCUT2D eigenvalue weighted by atomic mass is 35.5. The minimum atomic E-state index is -0.0790. The van der Waals surface area contributed by atoms with E-state index in [1.54, 1.807) is 23.5 Å². The van der Waals surface area contributed by atoms with Crippen LogP contribution in [-0.2, 0) is 4.79 Å². The van der Waals surface area contributed by atoms with Gasteiger partial charge in [-0.05, 0) is 49.7 Å². The molecule has 0 saturated heterocycles. The minimum Gasteiger partial charge on any atom is -0.494 e. The number of nitrogens with zero attached hydrogens (tertiary/aromatic N) is 1. The Labute approximate surface area is 159 Å². The summed E-state index contributed by atoms with van der Waals surface area (Å²) in [6.45, 7) is 4.52. The first-order chi connectivity index (χ1) is 12.0. The van der Waals surface area contributed by atoms with Crippen LogP contribution in [0.25, 0.3) is 10.2 Å². The van der Waals surface area contributed by atoms with E-state index in [0.29, 0.717) is 17.4 Å². The first-order valence-electron chi connectivity index (χ1n) is 7.77. The lowest BCUT2D eigenvalue weighted by molar-refractivity contribution is -0.113. The Morgan fingerprint density at radius 1 is 1.32 bits per heavy atom. The van der Waals surface area contributed by atoms with Crippen LogP contribution in [0.15, 0.2) is 40.7 Å². The number of amides is 1. The molecule has 0 bridgehead atoms. The maximum atomic E-state index is 12.2. The van der Waals surface area contributed by atoms with Gasteiger partial charge >= 0.3 is 0 Å². The number of aromatic nitrogens is 1. The second-order valence-corrected chi connectivity index (χ2v) is 8.03. The predicted octanol–water partition coefficient (Wildman–Crippen LogP) is 5.39. The largest absolute Gasteiger partial charge is 0.494 e. The number of carbonyl (C=O) groups is 1. The van der Waals surface area contributed by atoms with Crippen molar-refractivity contribution in [3.8, 4) is 5.75 Å². The molecular weight excluding hydrogens is 376 g/mol. The van der Waals surface area contributed by atoms with Gasteiger partial charge < -0.3 is 10.1 Å². The van der Waals surface area contributed by atoms with Gasteiger partial charge in [0.25, 0.3) is 0 Å². The summed E-state index contributed by atoms with van der Waals surface area (Å²) in [4.78, 5) is 16.7. The van der Waals surface area contributed by atoms with Gasteiger partial charge in [-0.15, -0.1) is 11.3 Å². The van der Waals surface area contributed by atoms with Gasteiger partial charge in [-0.2, -0.15) is 0 Å². The van der Waals surface area contributed by atoms with E-state index in [1.165, 1.54) is 11.8 Å². The molecule has 0 aliphatic heterocycles. The number of anilines is 1. The van der Waals surface area contributed by atoms with Gasteiger partial charge in [0.05, 0.1) is 22.6 Å². The highest BCUT2D eigenvalue weighted by Gasteiger charge is 2.10. The molecular formula is C18H17ClN2O2S2. The number of nitrogens with one attached hydrogen (secondary N) is 1. The molecule has 0 aliphatic rings. The molecule has 1 aromatic heterocycles. The van der Waals surface area contributed by atoms with Gasteiger partial charge in [0, 0.05) is 10.7 Å². The van der Waals surface area contributed by atoms with Gasteiger partial charge in [-0.1, -0.05) is 29.4 Å². The Kier molecular flexibility index (Phi) is 5.83. The summed E-state index contributed by atoms with van der Waals surface area (Å²) in [5.41, 5.74) is 2.64. The average molecular weight is 393 g/mol. The molecule has 0 atom stereocenters. The second-order valence-electron chi connectivity index (χ2n) is 5.34. The van der Waals surface area contributed by atoms with Crippen LogP contribution in [0.4, 0.5) is 5.69 Å². The van der Waals surface area contributed by atoms with E-state index in [-0.39, 0.29) is 5.91 Å². The monoisotopic (exact) mass is 392 g/mol. The molecule has 4 nitrogen and oxygen atoms in total. The summed E-state index contributed by atoms with van der Waals surface area (Å²) >= 11 is 8.96. The van der Waals surface area contributed by atoms with Gasteiger partial charge in [-0.25, -0.2) is 4.98 Å². The Bertz CT molecular complexity index is 911. The number of hydrogen-bond donors (Lipinski definition) is 1. The number of halogens is 1. The van der Waals surface area contributed by atoms with E-state index in [2.05, 4.69) is 10.3 Å². The fourth-order valence-electron chi connectivity index (χ4n) is 2.24. The molecule has 1 N–H and O–H groups in total. The van der Waals surface area contributed by atoms with Crippen molar-refractivity contribution in [1.82, 2.24) is 4.98 Å². The Balaban J connectivity index is 1.63. The number of carbonyl (C=O) groups excluding carboxylic acids is 1. The third-order valence-electron chi connectivity index (χ3n) is 3.45. The van der Waals surface area contributed by atoms with Crippen LogP contribution < -0.4 is 10.1 Å². The zero-order valence-electron chi connectivity index (χ0n) is 13.8. The smallest absolute Gasteiger partial charge is 0.234 e. The minimum absolute atomic E-state index is 0.0790. The van der Waals surface area contributed by atoms with Crippen LogP contribution in [-0.4, -0.2) is 23.3 Å². The zero-order valence-corrected chi connectivity index (χ0v) is 16.2. The fourth-order valence-corrected chi connectivity index (χ4v) is 4.31. The highest BCUT2D eigenvalue weighted by molar-refractivity contribution is 8.01. The number of thioether (sulfide) groups is 1. The maximum Gasteiger partial charge on any atom is 0.234 e. The van der Waals surface area contributed by atoms with Crippen molar-refractivity contribution in [3.63, 3.8) is 0 Å². The SMILES string of the molecule is CCOc1ccc2nc(SCC(=O)Nc3cc(Cl)ccc3C)sc2c1. The normalized spacial score (nSPS) is 10.8. The molecule has 7 heteroatoms. The summed E-state index contributed by atoms with van der Waals surface area (Å²) in [7, 11) is 0. The summed E-state index contributed by atoms with van der Waals surface area (Å²) in [5, 5.41) is 3.50.